The van der Waals surface area contributed by atoms with Crippen molar-refractivity contribution in [3.63, 3.8) is 0 Å². The highest BCUT2D eigenvalue weighted by atomic mass is 32.1. The minimum Gasteiger partial charge on any atom is -0.497 e. The number of aldehydes is 1. The molecule has 2 aromatic rings. The Morgan fingerprint density at radius 2 is 2.11 bits per heavy atom. The van der Waals surface area contributed by atoms with Crippen molar-refractivity contribution < 1.29 is 19.2 Å². The number of carbonyl (C=O) groups excluding carboxylic acids is 1. The lowest BCUT2D eigenvalue weighted by Gasteiger charge is -2.06. The lowest BCUT2D eigenvalue weighted by Crippen LogP contribution is -1.94. The van der Waals surface area contributed by atoms with Gasteiger partial charge >= 0.3 is 5.69 Å². The van der Waals surface area contributed by atoms with E-state index in [9.17, 15) is 14.9 Å². The number of benzene rings is 1. The van der Waals surface area contributed by atoms with Gasteiger partial charge in [0.2, 0.25) is 5.75 Å². The molecule has 0 aliphatic heterocycles. The van der Waals surface area contributed by atoms with Crippen LogP contribution in [0.3, 0.4) is 0 Å². The maximum Gasteiger partial charge on any atom is 0.311 e. The van der Waals surface area contributed by atoms with Crippen LogP contribution in [-0.4, -0.2) is 18.3 Å². The standard InChI is InChI=1S/C12H9NO5S/c1-17-8-2-3-11(13(15)16)12(5-8)18-9-4-10(6-14)19-7-9/h2-7H,1H3. The largest absolute Gasteiger partial charge is 0.497 e. The van der Waals surface area contributed by atoms with Crippen molar-refractivity contribution in [2.75, 3.05) is 7.11 Å². The topological polar surface area (TPSA) is 78.7 Å². The third-order valence-electron chi connectivity index (χ3n) is 2.30. The van der Waals surface area contributed by atoms with Crippen molar-refractivity contribution in [2.24, 2.45) is 0 Å². The first-order valence-corrected chi connectivity index (χ1v) is 6.06. The van der Waals surface area contributed by atoms with E-state index in [-0.39, 0.29) is 11.4 Å². The molecule has 0 saturated carbocycles. The fourth-order valence-corrected chi connectivity index (χ4v) is 2.04. The van der Waals surface area contributed by atoms with E-state index in [0.29, 0.717) is 22.7 Å². The molecule has 0 spiro atoms. The zero-order valence-electron chi connectivity index (χ0n) is 9.86. The Kier molecular flexibility index (Phi) is 3.76. The van der Waals surface area contributed by atoms with Crippen LogP contribution in [0.5, 0.6) is 17.2 Å². The van der Waals surface area contributed by atoms with E-state index >= 15 is 0 Å². The Morgan fingerprint density at radius 3 is 2.68 bits per heavy atom. The van der Waals surface area contributed by atoms with Gasteiger partial charge in [-0.25, -0.2) is 0 Å². The molecule has 19 heavy (non-hydrogen) atoms. The number of nitrogens with zero attached hydrogens (tertiary/aromatic N) is 1. The molecule has 0 N–H and O–H groups in total. The summed E-state index contributed by atoms with van der Waals surface area (Å²) in [5.74, 6) is 0.898. The molecule has 6 nitrogen and oxygen atoms in total. The molecule has 0 amide bonds. The molecule has 98 valence electrons. The van der Waals surface area contributed by atoms with Gasteiger partial charge in [0.15, 0.2) is 6.29 Å². The molecule has 0 aliphatic rings. The van der Waals surface area contributed by atoms with Crippen LogP contribution in [0.4, 0.5) is 5.69 Å². The molecule has 0 bridgehead atoms. The Hall–Kier alpha value is -2.41. The maximum absolute atomic E-state index is 10.9. The van der Waals surface area contributed by atoms with Gasteiger partial charge in [0.1, 0.15) is 11.5 Å². The molecule has 1 aromatic heterocycles. The minimum absolute atomic E-state index is 0.0691. The predicted octanol–water partition coefficient (Wildman–Crippen LogP) is 3.27. The molecule has 0 radical (unpaired) electrons. The van der Waals surface area contributed by atoms with Crippen LogP contribution in [-0.2, 0) is 0 Å². The molecule has 0 aliphatic carbocycles. The summed E-state index contributed by atoms with van der Waals surface area (Å²) in [4.78, 5) is 21.4. The number of methoxy groups -OCH3 is 1. The highest BCUT2D eigenvalue weighted by Crippen LogP contribution is 2.35. The van der Waals surface area contributed by atoms with Crippen molar-refractivity contribution >= 4 is 23.3 Å². The molecular weight excluding hydrogens is 270 g/mol. The van der Waals surface area contributed by atoms with Gasteiger partial charge in [0.05, 0.1) is 16.9 Å². The van der Waals surface area contributed by atoms with Crippen molar-refractivity contribution in [2.45, 2.75) is 0 Å². The molecule has 0 unspecified atom stereocenters. The van der Waals surface area contributed by atoms with Crippen molar-refractivity contribution in [1.29, 1.82) is 0 Å². The first-order valence-electron chi connectivity index (χ1n) is 5.18. The molecule has 1 aromatic carbocycles. The molecule has 2 rings (SSSR count). The van der Waals surface area contributed by atoms with Crippen LogP contribution >= 0.6 is 11.3 Å². The van der Waals surface area contributed by atoms with Crippen LogP contribution < -0.4 is 9.47 Å². The highest BCUT2D eigenvalue weighted by Gasteiger charge is 2.17. The van der Waals surface area contributed by atoms with Gasteiger partial charge in [-0.2, -0.15) is 0 Å². The van der Waals surface area contributed by atoms with Gasteiger partial charge in [-0.05, 0) is 6.07 Å². The van der Waals surface area contributed by atoms with E-state index in [1.54, 1.807) is 5.38 Å². The zero-order chi connectivity index (χ0) is 13.8. The molecule has 0 atom stereocenters. The maximum atomic E-state index is 10.9. The number of rotatable bonds is 5. The number of thiophene rings is 1. The van der Waals surface area contributed by atoms with E-state index in [1.165, 1.54) is 42.7 Å². The summed E-state index contributed by atoms with van der Waals surface area (Å²) < 4.78 is 10.4. The highest BCUT2D eigenvalue weighted by molar-refractivity contribution is 7.11. The lowest BCUT2D eigenvalue weighted by atomic mass is 10.3. The molecule has 0 saturated heterocycles. The summed E-state index contributed by atoms with van der Waals surface area (Å²) in [5.41, 5.74) is -0.167. The normalized spacial score (nSPS) is 9.95. The van der Waals surface area contributed by atoms with E-state index in [4.69, 9.17) is 9.47 Å². The minimum atomic E-state index is -0.540. The van der Waals surface area contributed by atoms with Gasteiger partial charge in [0.25, 0.3) is 0 Å². The summed E-state index contributed by atoms with van der Waals surface area (Å²) in [6, 6.07) is 5.73. The SMILES string of the molecule is COc1ccc([N+](=O)[O-])c(Oc2csc(C=O)c2)c1. The Labute approximate surface area is 112 Å². The van der Waals surface area contributed by atoms with Gasteiger partial charge in [0, 0.05) is 23.6 Å². The Balaban J connectivity index is 2.36. The Bertz CT molecular complexity index is 622. The predicted molar refractivity (Wildman–Crippen MR) is 69.4 cm³/mol. The number of nitro groups is 1. The second-order valence-corrected chi connectivity index (χ2v) is 4.44. The molecule has 0 fully saturated rings. The third kappa shape index (κ3) is 2.89. The number of nitro benzene ring substituents is 1. The fraction of sp³-hybridized carbons (Fsp3) is 0.0833. The van der Waals surface area contributed by atoms with Gasteiger partial charge in [-0.1, -0.05) is 0 Å². The third-order valence-corrected chi connectivity index (χ3v) is 3.14. The average Bonchev–Trinajstić information content (AvgIpc) is 2.86. The van der Waals surface area contributed by atoms with E-state index in [0.717, 1.165) is 0 Å². The van der Waals surface area contributed by atoms with Gasteiger partial charge in [-0.3, -0.25) is 14.9 Å². The summed E-state index contributed by atoms with van der Waals surface area (Å²) in [6.45, 7) is 0. The summed E-state index contributed by atoms with van der Waals surface area (Å²) >= 11 is 1.20. The van der Waals surface area contributed by atoms with Crippen LogP contribution in [0, 0.1) is 10.1 Å². The first-order chi connectivity index (χ1) is 9.13. The lowest BCUT2D eigenvalue weighted by molar-refractivity contribution is -0.385. The second kappa shape index (κ2) is 5.49. The molecule has 1 heterocycles. The van der Waals surface area contributed by atoms with Crippen LogP contribution in [0.1, 0.15) is 9.67 Å². The zero-order valence-corrected chi connectivity index (χ0v) is 10.7. The monoisotopic (exact) mass is 279 g/mol. The van der Waals surface area contributed by atoms with Gasteiger partial charge < -0.3 is 9.47 Å². The first kappa shape index (κ1) is 13.0. The van der Waals surface area contributed by atoms with E-state index in [2.05, 4.69) is 0 Å². The number of ether oxygens (including phenoxy) is 2. The number of hydrogen-bond acceptors (Lipinski definition) is 6. The average molecular weight is 279 g/mol. The van der Waals surface area contributed by atoms with Gasteiger partial charge in [-0.15, -0.1) is 11.3 Å². The van der Waals surface area contributed by atoms with E-state index in [1.807, 2.05) is 0 Å². The number of carbonyl (C=O) groups is 1. The van der Waals surface area contributed by atoms with Crippen molar-refractivity contribution in [1.82, 2.24) is 0 Å². The summed E-state index contributed by atoms with van der Waals surface area (Å²) in [7, 11) is 1.46. The van der Waals surface area contributed by atoms with Crippen LogP contribution in [0.2, 0.25) is 0 Å². The molecule has 7 heteroatoms. The fourth-order valence-electron chi connectivity index (χ4n) is 1.43. The smallest absolute Gasteiger partial charge is 0.311 e. The van der Waals surface area contributed by atoms with Crippen LogP contribution in [0.15, 0.2) is 29.6 Å². The molecular formula is C12H9NO5S. The van der Waals surface area contributed by atoms with Crippen molar-refractivity contribution in [3.05, 3.63) is 44.6 Å². The van der Waals surface area contributed by atoms with E-state index < -0.39 is 4.92 Å². The van der Waals surface area contributed by atoms with Crippen molar-refractivity contribution in [3.8, 4) is 17.2 Å². The summed E-state index contributed by atoms with van der Waals surface area (Å²) in [6.07, 6.45) is 0.692. The Morgan fingerprint density at radius 1 is 1.32 bits per heavy atom. The van der Waals surface area contributed by atoms with Crippen LogP contribution in [0.25, 0.3) is 0 Å². The number of hydrogen-bond donors (Lipinski definition) is 0. The quantitative estimate of drug-likeness (QED) is 0.477. The summed E-state index contributed by atoms with van der Waals surface area (Å²) in [5, 5.41) is 12.5. The second-order valence-electron chi connectivity index (χ2n) is 3.50.